The molecule has 7 heteroatoms. The van der Waals surface area contributed by atoms with Crippen LogP contribution in [0.25, 0.3) is 0 Å². The van der Waals surface area contributed by atoms with Gasteiger partial charge in [0, 0.05) is 21.8 Å². The van der Waals surface area contributed by atoms with Crippen molar-refractivity contribution in [3.05, 3.63) is 95.0 Å². The number of fused-ring (bicyclic) bond motifs is 1. The lowest BCUT2D eigenvalue weighted by molar-refractivity contribution is 0.250. The van der Waals surface area contributed by atoms with E-state index in [1.165, 1.54) is 0 Å². The minimum atomic E-state index is -0.397. The number of hydrogen-bond acceptors (Lipinski definition) is 4. The second kappa shape index (κ2) is 8.58. The van der Waals surface area contributed by atoms with Crippen molar-refractivity contribution in [2.75, 3.05) is 11.9 Å². The van der Waals surface area contributed by atoms with Gasteiger partial charge in [-0.25, -0.2) is 9.79 Å². The Bertz CT molecular complexity index is 1080. The summed E-state index contributed by atoms with van der Waals surface area (Å²) in [5.41, 5.74) is 9.49. The number of halogens is 1. The van der Waals surface area contributed by atoms with Gasteiger partial charge in [-0.05, 0) is 30.3 Å². The Balaban J connectivity index is 1.54. The molecule has 0 aromatic heterocycles. The number of benzene rings is 3. The standard InChI is InChI=1S/C22H18ClN5O/c23-16-11-12-19-18(13-16)21(15-7-3-1-4-8-15)24-14-20(26-19)27-28-22(29)25-17-9-5-2-6-10-17/h1-13H,14H2,(H,26,27)(H2,25,28,29). The highest BCUT2D eigenvalue weighted by molar-refractivity contribution is 6.31. The van der Waals surface area contributed by atoms with E-state index in [9.17, 15) is 4.79 Å². The Kier molecular flexibility index (Phi) is 5.54. The molecule has 0 radical (unpaired) electrons. The zero-order chi connectivity index (χ0) is 20.1. The largest absolute Gasteiger partial charge is 0.337 e. The molecule has 0 bridgehead atoms. The maximum atomic E-state index is 12.1. The first kappa shape index (κ1) is 18.7. The molecule has 3 aromatic rings. The molecule has 4 rings (SSSR count). The van der Waals surface area contributed by atoms with E-state index in [0.29, 0.717) is 16.5 Å². The van der Waals surface area contributed by atoms with E-state index in [-0.39, 0.29) is 6.54 Å². The summed E-state index contributed by atoms with van der Waals surface area (Å²) in [5.74, 6) is 0.516. The number of rotatable bonds is 2. The summed E-state index contributed by atoms with van der Waals surface area (Å²) in [6.07, 6.45) is 0. The molecule has 1 aliphatic heterocycles. The Labute approximate surface area is 173 Å². The van der Waals surface area contributed by atoms with Gasteiger partial charge in [-0.3, -0.25) is 15.8 Å². The highest BCUT2D eigenvalue weighted by Crippen LogP contribution is 2.28. The van der Waals surface area contributed by atoms with Crippen molar-refractivity contribution >= 4 is 40.6 Å². The molecular weight excluding hydrogens is 386 g/mol. The Morgan fingerprint density at radius 3 is 2.41 bits per heavy atom. The summed E-state index contributed by atoms with van der Waals surface area (Å²) in [7, 11) is 0. The van der Waals surface area contributed by atoms with Gasteiger partial charge in [-0.1, -0.05) is 60.1 Å². The van der Waals surface area contributed by atoms with Crippen LogP contribution in [0.5, 0.6) is 0 Å². The fraction of sp³-hybridized carbons (Fsp3) is 0.0455. The number of amides is 2. The van der Waals surface area contributed by atoms with E-state index in [2.05, 4.69) is 21.2 Å². The Hall–Kier alpha value is -3.64. The predicted octanol–water partition coefficient (Wildman–Crippen LogP) is 4.55. The summed E-state index contributed by atoms with van der Waals surface area (Å²) in [6, 6.07) is 24.1. The van der Waals surface area contributed by atoms with Gasteiger partial charge in [0.15, 0.2) is 0 Å². The number of anilines is 1. The molecule has 0 aliphatic carbocycles. The van der Waals surface area contributed by atoms with Crippen molar-refractivity contribution in [1.29, 1.82) is 0 Å². The molecule has 3 aromatic carbocycles. The van der Waals surface area contributed by atoms with E-state index in [0.717, 1.165) is 22.5 Å². The molecule has 0 saturated heterocycles. The van der Waals surface area contributed by atoms with Crippen LogP contribution in [0.2, 0.25) is 5.02 Å². The van der Waals surface area contributed by atoms with Gasteiger partial charge in [0.25, 0.3) is 0 Å². The lowest BCUT2D eigenvalue weighted by atomic mass is 10.0. The minimum absolute atomic E-state index is 0.280. The van der Waals surface area contributed by atoms with Gasteiger partial charge in [-0.2, -0.15) is 0 Å². The van der Waals surface area contributed by atoms with Gasteiger partial charge in [0.2, 0.25) is 0 Å². The summed E-state index contributed by atoms with van der Waals surface area (Å²) in [5, 5.41) is 3.35. The third kappa shape index (κ3) is 4.62. The van der Waals surface area contributed by atoms with Crippen molar-refractivity contribution < 1.29 is 4.79 Å². The third-order valence-electron chi connectivity index (χ3n) is 4.26. The molecule has 0 spiro atoms. The topological polar surface area (TPSA) is 77.9 Å². The summed E-state index contributed by atoms with van der Waals surface area (Å²) < 4.78 is 0. The number of carbonyl (C=O) groups excluding carboxylic acids is 1. The SMILES string of the molecule is O=C(NNC1=Nc2ccc(Cl)cc2C(c2ccccc2)=NC1)Nc1ccccc1. The average molecular weight is 404 g/mol. The van der Waals surface area contributed by atoms with E-state index >= 15 is 0 Å². The number of hydrazine groups is 1. The molecule has 1 aliphatic rings. The minimum Gasteiger partial charge on any atom is -0.307 e. The van der Waals surface area contributed by atoms with Crippen molar-refractivity contribution in [1.82, 2.24) is 10.9 Å². The maximum Gasteiger partial charge on any atom is 0.337 e. The quantitative estimate of drug-likeness (QED) is 0.549. The number of aliphatic imine (C=N–C) groups is 2. The van der Waals surface area contributed by atoms with Crippen molar-refractivity contribution in [3.8, 4) is 0 Å². The number of urea groups is 1. The molecule has 0 saturated carbocycles. The van der Waals surface area contributed by atoms with Crippen molar-refractivity contribution in [2.24, 2.45) is 9.98 Å². The first-order valence-corrected chi connectivity index (χ1v) is 9.42. The molecule has 6 nitrogen and oxygen atoms in total. The number of nitrogens with zero attached hydrogens (tertiary/aromatic N) is 2. The molecule has 2 amide bonds. The van der Waals surface area contributed by atoms with Crippen LogP contribution in [0.4, 0.5) is 16.2 Å². The second-order valence-electron chi connectivity index (χ2n) is 6.32. The van der Waals surface area contributed by atoms with E-state index in [1.807, 2.05) is 60.7 Å². The molecule has 0 fully saturated rings. The highest BCUT2D eigenvalue weighted by atomic mass is 35.5. The second-order valence-corrected chi connectivity index (χ2v) is 6.76. The predicted molar refractivity (Wildman–Crippen MR) is 117 cm³/mol. The fourth-order valence-electron chi connectivity index (χ4n) is 2.94. The van der Waals surface area contributed by atoms with Gasteiger partial charge in [0.1, 0.15) is 5.84 Å². The monoisotopic (exact) mass is 403 g/mol. The first-order chi connectivity index (χ1) is 14.2. The molecule has 29 heavy (non-hydrogen) atoms. The number of carbonyl (C=O) groups is 1. The smallest absolute Gasteiger partial charge is 0.307 e. The summed E-state index contributed by atoms with van der Waals surface area (Å²) in [4.78, 5) is 21.5. The van der Waals surface area contributed by atoms with Crippen LogP contribution in [0.15, 0.2) is 88.8 Å². The van der Waals surface area contributed by atoms with Crippen LogP contribution in [-0.2, 0) is 0 Å². The zero-order valence-corrected chi connectivity index (χ0v) is 16.1. The molecule has 1 heterocycles. The van der Waals surface area contributed by atoms with Crippen LogP contribution < -0.4 is 16.2 Å². The molecular formula is C22H18ClN5O. The van der Waals surface area contributed by atoms with E-state index < -0.39 is 6.03 Å². The summed E-state index contributed by atoms with van der Waals surface area (Å²) >= 11 is 6.21. The number of nitrogens with one attached hydrogen (secondary N) is 3. The normalized spacial score (nSPS) is 12.7. The number of hydrogen-bond donors (Lipinski definition) is 3. The third-order valence-corrected chi connectivity index (χ3v) is 4.49. The average Bonchev–Trinajstić information content (AvgIpc) is 2.92. The first-order valence-electron chi connectivity index (χ1n) is 9.04. The van der Waals surface area contributed by atoms with Gasteiger partial charge in [-0.15, -0.1) is 0 Å². The maximum absolute atomic E-state index is 12.1. The van der Waals surface area contributed by atoms with E-state index in [4.69, 9.17) is 16.6 Å². The van der Waals surface area contributed by atoms with Crippen LogP contribution in [0, 0.1) is 0 Å². The van der Waals surface area contributed by atoms with Crippen LogP contribution in [0.3, 0.4) is 0 Å². The molecule has 144 valence electrons. The van der Waals surface area contributed by atoms with Gasteiger partial charge >= 0.3 is 6.03 Å². The molecule has 3 N–H and O–H groups in total. The summed E-state index contributed by atoms with van der Waals surface area (Å²) in [6.45, 7) is 0.280. The lowest BCUT2D eigenvalue weighted by Crippen LogP contribution is -2.44. The van der Waals surface area contributed by atoms with E-state index in [1.54, 1.807) is 18.2 Å². The number of amidine groups is 1. The van der Waals surface area contributed by atoms with Crippen LogP contribution in [-0.4, -0.2) is 24.1 Å². The Morgan fingerprint density at radius 1 is 0.931 bits per heavy atom. The number of para-hydroxylation sites is 1. The van der Waals surface area contributed by atoms with Crippen LogP contribution in [0.1, 0.15) is 11.1 Å². The zero-order valence-electron chi connectivity index (χ0n) is 15.4. The van der Waals surface area contributed by atoms with Crippen molar-refractivity contribution in [2.45, 2.75) is 0 Å². The van der Waals surface area contributed by atoms with Gasteiger partial charge in [0.05, 0.1) is 17.9 Å². The van der Waals surface area contributed by atoms with Crippen LogP contribution >= 0.6 is 11.6 Å². The Morgan fingerprint density at radius 2 is 1.66 bits per heavy atom. The fourth-order valence-corrected chi connectivity index (χ4v) is 3.11. The molecule has 0 unspecified atom stereocenters. The van der Waals surface area contributed by atoms with Crippen molar-refractivity contribution in [3.63, 3.8) is 0 Å². The molecule has 0 atom stereocenters. The highest BCUT2D eigenvalue weighted by Gasteiger charge is 2.17. The van der Waals surface area contributed by atoms with Gasteiger partial charge < -0.3 is 5.32 Å². The lowest BCUT2D eigenvalue weighted by Gasteiger charge is -2.10.